The van der Waals surface area contributed by atoms with Crippen molar-refractivity contribution < 1.29 is 17.6 Å². The van der Waals surface area contributed by atoms with Crippen molar-refractivity contribution in [2.75, 3.05) is 46.0 Å². The van der Waals surface area contributed by atoms with Crippen molar-refractivity contribution in [3.05, 3.63) is 36.2 Å². The van der Waals surface area contributed by atoms with E-state index in [-0.39, 0.29) is 35.7 Å². The van der Waals surface area contributed by atoms with Gasteiger partial charge >= 0.3 is 0 Å². The third-order valence-corrected chi connectivity index (χ3v) is 7.72. The Bertz CT molecular complexity index is 941. The van der Waals surface area contributed by atoms with E-state index in [2.05, 4.69) is 10.2 Å². The number of hydrogen-bond donors (Lipinski definition) is 0. The molecule has 3 rings (SSSR count). The lowest BCUT2D eigenvalue weighted by Crippen LogP contribution is -2.50. The normalized spacial score (nSPS) is 16.7. The molecule has 0 saturated carbocycles. The minimum atomic E-state index is -3.53. The second kappa shape index (κ2) is 9.90. The number of nitrogens with zero attached hydrogens (tertiary/aromatic N) is 5. The summed E-state index contributed by atoms with van der Waals surface area (Å²) in [6, 6.07) is 8.40. The first-order valence-corrected chi connectivity index (χ1v) is 12.2. The molecule has 2 aromatic rings. The van der Waals surface area contributed by atoms with Gasteiger partial charge in [0.1, 0.15) is 0 Å². The first-order chi connectivity index (χ1) is 14.3. The van der Waals surface area contributed by atoms with Crippen LogP contribution in [0.4, 0.5) is 0 Å². The molecule has 0 N–H and O–H groups in total. The molecular formula is C19H27N5O4S2. The van der Waals surface area contributed by atoms with E-state index in [9.17, 15) is 13.2 Å². The number of hydrogen-bond acceptors (Lipinski definition) is 8. The third-order valence-electron chi connectivity index (χ3n) is 5.01. The number of sulfonamides is 1. The molecular weight excluding hydrogens is 426 g/mol. The average Bonchev–Trinajstić information content (AvgIpc) is 3.21. The summed E-state index contributed by atoms with van der Waals surface area (Å²) in [4.78, 5) is 16.5. The predicted octanol–water partition coefficient (Wildman–Crippen LogP) is 1.71. The molecule has 1 fully saturated rings. The molecule has 1 unspecified atom stereocenters. The average molecular weight is 454 g/mol. The third kappa shape index (κ3) is 5.20. The molecule has 0 aliphatic carbocycles. The molecule has 1 aromatic heterocycles. The lowest BCUT2D eigenvalue weighted by molar-refractivity contribution is -0.129. The summed E-state index contributed by atoms with van der Waals surface area (Å²) in [5, 5.41) is 8.48. The Morgan fingerprint density at radius 2 is 1.83 bits per heavy atom. The van der Waals surface area contributed by atoms with Crippen LogP contribution in [0.5, 0.6) is 0 Å². The molecule has 2 heterocycles. The van der Waals surface area contributed by atoms with Gasteiger partial charge in [0, 0.05) is 26.2 Å². The summed E-state index contributed by atoms with van der Waals surface area (Å²) in [6.45, 7) is 3.32. The number of thioether (sulfide) groups is 1. The fourth-order valence-electron chi connectivity index (χ4n) is 3.31. The maximum atomic E-state index is 12.7. The van der Waals surface area contributed by atoms with Crippen LogP contribution in [-0.4, -0.2) is 84.7 Å². The van der Waals surface area contributed by atoms with Gasteiger partial charge in [0.05, 0.1) is 16.7 Å². The van der Waals surface area contributed by atoms with E-state index in [0.717, 1.165) is 6.42 Å². The van der Waals surface area contributed by atoms with E-state index >= 15 is 0 Å². The van der Waals surface area contributed by atoms with Crippen LogP contribution in [-0.2, 0) is 14.8 Å². The topological polar surface area (TPSA) is 99.8 Å². The van der Waals surface area contributed by atoms with Gasteiger partial charge in [-0.1, -0.05) is 36.9 Å². The Kier molecular flexibility index (Phi) is 7.50. The zero-order valence-corrected chi connectivity index (χ0v) is 19.0. The SMILES string of the molecule is CCC(c1nnc(SCC(=O)N2CCN(S(=O)(=O)c3ccccc3)CC2)o1)N(C)C. The Morgan fingerprint density at radius 3 is 2.43 bits per heavy atom. The van der Waals surface area contributed by atoms with E-state index in [1.54, 1.807) is 35.2 Å². The number of benzene rings is 1. The van der Waals surface area contributed by atoms with Gasteiger partial charge in [0.2, 0.25) is 21.8 Å². The Balaban J connectivity index is 1.51. The van der Waals surface area contributed by atoms with E-state index in [1.165, 1.54) is 16.1 Å². The summed E-state index contributed by atoms with van der Waals surface area (Å²) in [5.41, 5.74) is 0. The van der Waals surface area contributed by atoms with Crippen molar-refractivity contribution in [3.8, 4) is 0 Å². The van der Waals surface area contributed by atoms with Gasteiger partial charge in [0.15, 0.2) is 0 Å². The number of piperazine rings is 1. The Morgan fingerprint density at radius 1 is 1.17 bits per heavy atom. The van der Waals surface area contributed by atoms with Gasteiger partial charge in [-0.3, -0.25) is 9.69 Å². The van der Waals surface area contributed by atoms with Crippen LogP contribution >= 0.6 is 11.8 Å². The second-order valence-corrected chi connectivity index (χ2v) is 10.0. The van der Waals surface area contributed by atoms with Crippen molar-refractivity contribution in [1.82, 2.24) is 24.3 Å². The second-order valence-electron chi connectivity index (χ2n) is 7.18. The summed E-state index contributed by atoms with van der Waals surface area (Å²) in [6.07, 6.45) is 0.842. The molecule has 1 aliphatic rings. The molecule has 11 heteroatoms. The number of rotatable bonds is 8. The zero-order chi connectivity index (χ0) is 21.7. The monoisotopic (exact) mass is 453 g/mol. The van der Waals surface area contributed by atoms with E-state index in [4.69, 9.17) is 4.42 Å². The van der Waals surface area contributed by atoms with Crippen LogP contribution in [0.15, 0.2) is 44.9 Å². The van der Waals surface area contributed by atoms with Crippen molar-refractivity contribution in [3.63, 3.8) is 0 Å². The standard InChI is InChI=1S/C19H27N5O4S2/c1-4-16(22(2)3)18-20-21-19(28-18)29-14-17(25)23-10-12-24(13-11-23)30(26,27)15-8-6-5-7-9-15/h5-9,16H,4,10-14H2,1-3H3. The quantitative estimate of drug-likeness (QED) is 0.557. The fraction of sp³-hybridized carbons (Fsp3) is 0.526. The zero-order valence-electron chi connectivity index (χ0n) is 17.4. The van der Waals surface area contributed by atoms with Crippen LogP contribution in [0.3, 0.4) is 0 Å². The van der Waals surface area contributed by atoms with Crippen LogP contribution in [0.25, 0.3) is 0 Å². The van der Waals surface area contributed by atoms with Gasteiger partial charge in [-0.15, -0.1) is 10.2 Å². The summed E-state index contributed by atoms with van der Waals surface area (Å²) in [5.74, 6) is 0.639. The molecule has 0 spiro atoms. The number of carbonyl (C=O) groups is 1. The molecule has 1 amide bonds. The number of carbonyl (C=O) groups excluding carboxylic acids is 1. The highest BCUT2D eigenvalue weighted by Crippen LogP contribution is 2.25. The van der Waals surface area contributed by atoms with E-state index in [0.29, 0.717) is 24.2 Å². The minimum absolute atomic E-state index is 0.0437. The maximum Gasteiger partial charge on any atom is 0.277 e. The van der Waals surface area contributed by atoms with Gasteiger partial charge in [-0.05, 0) is 32.6 Å². The summed E-state index contributed by atoms with van der Waals surface area (Å²) >= 11 is 1.20. The van der Waals surface area contributed by atoms with Crippen LogP contribution in [0, 0.1) is 0 Å². The van der Waals surface area contributed by atoms with Crippen LogP contribution in [0.1, 0.15) is 25.3 Å². The molecule has 1 aliphatic heterocycles. The van der Waals surface area contributed by atoms with Crippen LogP contribution in [0.2, 0.25) is 0 Å². The number of amides is 1. The van der Waals surface area contributed by atoms with Crippen LogP contribution < -0.4 is 0 Å². The molecule has 1 atom stereocenters. The first-order valence-electron chi connectivity index (χ1n) is 9.78. The lowest BCUT2D eigenvalue weighted by atomic mass is 10.2. The molecule has 30 heavy (non-hydrogen) atoms. The molecule has 164 valence electrons. The number of aromatic nitrogens is 2. The highest BCUT2D eigenvalue weighted by molar-refractivity contribution is 7.99. The van der Waals surface area contributed by atoms with Crippen molar-refractivity contribution >= 4 is 27.7 Å². The molecule has 0 bridgehead atoms. The molecule has 9 nitrogen and oxygen atoms in total. The maximum absolute atomic E-state index is 12.7. The van der Waals surface area contributed by atoms with Gasteiger partial charge < -0.3 is 9.32 Å². The lowest BCUT2D eigenvalue weighted by Gasteiger charge is -2.33. The smallest absolute Gasteiger partial charge is 0.277 e. The van der Waals surface area contributed by atoms with E-state index in [1.807, 2.05) is 25.9 Å². The van der Waals surface area contributed by atoms with Crippen molar-refractivity contribution in [2.24, 2.45) is 0 Å². The molecule has 1 saturated heterocycles. The first kappa shape index (κ1) is 22.7. The Hall–Kier alpha value is -1.95. The summed E-state index contributed by atoms with van der Waals surface area (Å²) < 4.78 is 32.5. The largest absolute Gasteiger partial charge is 0.414 e. The minimum Gasteiger partial charge on any atom is -0.414 e. The summed E-state index contributed by atoms with van der Waals surface area (Å²) in [7, 11) is 0.373. The Labute approximate surface area is 181 Å². The highest BCUT2D eigenvalue weighted by atomic mass is 32.2. The predicted molar refractivity (Wildman–Crippen MR) is 114 cm³/mol. The molecule has 0 radical (unpaired) electrons. The van der Waals surface area contributed by atoms with Crippen molar-refractivity contribution in [1.29, 1.82) is 0 Å². The highest BCUT2D eigenvalue weighted by Gasteiger charge is 2.30. The van der Waals surface area contributed by atoms with Gasteiger partial charge in [-0.2, -0.15) is 4.31 Å². The molecule has 1 aromatic carbocycles. The van der Waals surface area contributed by atoms with Gasteiger partial charge in [-0.25, -0.2) is 8.42 Å². The van der Waals surface area contributed by atoms with E-state index < -0.39 is 10.0 Å². The van der Waals surface area contributed by atoms with Gasteiger partial charge in [0.25, 0.3) is 5.22 Å². The fourth-order valence-corrected chi connectivity index (χ4v) is 5.42. The van der Waals surface area contributed by atoms with Crippen molar-refractivity contribution in [2.45, 2.75) is 29.5 Å².